The van der Waals surface area contributed by atoms with Crippen molar-refractivity contribution in [1.82, 2.24) is 0 Å². The Bertz CT molecular complexity index is 381. The fourth-order valence-electron chi connectivity index (χ4n) is 3.33. The van der Waals surface area contributed by atoms with Crippen LogP contribution in [0.3, 0.4) is 0 Å². The third-order valence-corrected chi connectivity index (χ3v) is 4.54. The van der Waals surface area contributed by atoms with Crippen LogP contribution in [0.5, 0.6) is 0 Å². The second kappa shape index (κ2) is 4.09. The van der Waals surface area contributed by atoms with Crippen LogP contribution in [0.25, 0.3) is 0 Å². The molecule has 0 heterocycles. The molecule has 17 heavy (non-hydrogen) atoms. The van der Waals surface area contributed by atoms with Gasteiger partial charge in [0.15, 0.2) is 0 Å². The molecule has 2 N–H and O–H groups in total. The summed E-state index contributed by atoms with van der Waals surface area (Å²) in [5, 5.41) is 0. The largest absolute Gasteiger partial charge is 0.328 e. The Morgan fingerprint density at radius 3 is 2.41 bits per heavy atom. The van der Waals surface area contributed by atoms with Crippen molar-refractivity contribution in [3.05, 3.63) is 35.9 Å². The van der Waals surface area contributed by atoms with Gasteiger partial charge in [-0.25, -0.2) is 4.39 Å². The van der Waals surface area contributed by atoms with E-state index < -0.39 is 5.67 Å². The summed E-state index contributed by atoms with van der Waals surface area (Å²) in [5.74, 6) is 0.702. The summed E-state index contributed by atoms with van der Waals surface area (Å²) in [6, 6.07) is 10.6. The summed E-state index contributed by atoms with van der Waals surface area (Å²) in [6.07, 6.45) is 4.07. The van der Waals surface area contributed by atoms with Crippen molar-refractivity contribution in [2.75, 3.05) is 0 Å². The van der Waals surface area contributed by atoms with Crippen molar-refractivity contribution in [3.8, 4) is 0 Å². The lowest BCUT2D eigenvalue weighted by atomic mass is 9.79. The molecule has 0 saturated heterocycles. The highest BCUT2D eigenvalue weighted by molar-refractivity contribution is 5.28. The maximum Gasteiger partial charge on any atom is 0.114 e. The molecule has 92 valence electrons. The molecule has 2 unspecified atom stereocenters. The molecule has 0 aromatic heterocycles. The summed E-state index contributed by atoms with van der Waals surface area (Å²) >= 11 is 0. The Balaban J connectivity index is 1.68. The van der Waals surface area contributed by atoms with E-state index in [1.807, 2.05) is 18.2 Å². The number of hydrogen-bond donors (Lipinski definition) is 1. The molecule has 0 radical (unpaired) electrons. The molecule has 2 aliphatic carbocycles. The van der Waals surface area contributed by atoms with Crippen LogP contribution < -0.4 is 5.73 Å². The molecule has 2 atom stereocenters. The summed E-state index contributed by atoms with van der Waals surface area (Å²) in [6.45, 7) is 0. The van der Waals surface area contributed by atoms with Gasteiger partial charge in [-0.3, -0.25) is 0 Å². The molecule has 1 aromatic rings. The molecule has 1 aromatic carbocycles. The third kappa shape index (κ3) is 2.11. The van der Waals surface area contributed by atoms with Crippen LogP contribution >= 0.6 is 0 Å². The first-order chi connectivity index (χ1) is 8.19. The lowest BCUT2D eigenvalue weighted by Crippen LogP contribution is -2.37. The normalized spacial score (nSPS) is 41.2. The van der Waals surface area contributed by atoms with Gasteiger partial charge in [0.1, 0.15) is 5.67 Å². The third-order valence-electron chi connectivity index (χ3n) is 4.54. The van der Waals surface area contributed by atoms with Gasteiger partial charge < -0.3 is 5.73 Å². The molecule has 2 aliphatic rings. The van der Waals surface area contributed by atoms with Gasteiger partial charge in [-0.15, -0.1) is 0 Å². The van der Waals surface area contributed by atoms with Crippen LogP contribution in [0.15, 0.2) is 30.3 Å². The molecule has 2 saturated carbocycles. The molecule has 2 fully saturated rings. The number of hydrogen-bond acceptors (Lipinski definition) is 1. The minimum absolute atomic E-state index is 0.229. The number of halogens is 1. The highest BCUT2D eigenvalue weighted by Gasteiger charge is 2.54. The zero-order chi connectivity index (χ0) is 11.9. The van der Waals surface area contributed by atoms with Gasteiger partial charge in [0.2, 0.25) is 0 Å². The van der Waals surface area contributed by atoms with E-state index in [4.69, 9.17) is 5.73 Å². The van der Waals surface area contributed by atoms with Crippen molar-refractivity contribution in [1.29, 1.82) is 0 Å². The van der Waals surface area contributed by atoms with E-state index in [0.717, 1.165) is 19.3 Å². The highest BCUT2D eigenvalue weighted by atomic mass is 19.1. The Kier molecular flexibility index (Phi) is 2.70. The van der Waals surface area contributed by atoms with Crippen molar-refractivity contribution in [3.63, 3.8) is 0 Å². The second-order valence-corrected chi connectivity index (χ2v) is 5.73. The van der Waals surface area contributed by atoms with Gasteiger partial charge in [0.05, 0.1) is 0 Å². The number of rotatable bonds is 2. The summed E-state index contributed by atoms with van der Waals surface area (Å²) in [5.41, 5.74) is 6.23. The standard InChI is InChI=1S/C15H20FN/c16-15(8-6-12(17)7-9-15)14-10-13(14)11-4-2-1-3-5-11/h1-5,12-14H,6-10,17H2. The van der Waals surface area contributed by atoms with E-state index >= 15 is 0 Å². The molecule has 3 rings (SSSR count). The van der Waals surface area contributed by atoms with E-state index in [-0.39, 0.29) is 12.0 Å². The predicted molar refractivity (Wildman–Crippen MR) is 67.6 cm³/mol. The quantitative estimate of drug-likeness (QED) is 0.832. The molecule has 0 aliphatic heterocycles. The smallest absolute Gasteiger partial charge is 0.114 e. The fraction of sp³-hybridized carbons (Fsp3) is 0.600. The lowest BCUT2D eigenvalue weighted by molar-refractivity contribution is 0.0722. The molecular formula is C15H20FN. The van der Waals surface area contributed by atoms with E-state index in [1.54, 1.807) is 0 Å². The van der Waals surface area contributed by atoms with Gasteiger partial charge in [0.25, 0.3) is 0 Å². The fourth-order valence-corrected chi connectivity index (χ4v) is 3.33. The van der Waals surface area contributed by atoms with Crippen molar-refractivity contribution in [2.45, 2.75) is 49.7 Å². The molecule has 2 heteroatoms. The van der Waals surface area contributed by atoms with E-state index in [2.05, 4.69) is 12.1 Å². The zero-order valence-electron chi connectivity index (χ0n) is 10.1. The first kappa shape index (κ1) is 11.2. The summed E-state index contributed by atoms with van der Waals surface area (Å²) < 4.78 is 14.8. The van der Waals surface area contributed by atoms with Gasteiger partial charge in [-0.1, -0.05) is 30.3 Å². The van der Waals surface area contributed by atoms with Gasteiger partial charge in [0, 0.05) is 12.0 Å². The van der Waals surface area contributed by atoms with Gasteiger partial charge in [-0.05, 0) is 43.6 Å². The van der Waals surface area contributed by atoms with Crippen molar-refractivity contribution >= 4 is 0 Å². The maximum absolute atomic E-state index is 14.8. The van der Waals surface area contributed by atoms with Crippen LogP contribution in [0.4, 0.5) is 4.39 Å². The van der Waals surface area contributed by atoms with Crippen LogP contribution in [0.2, 0.25) is 0 Å². The van der Waals surface area contributed by atoms with Crippen molar-refractivity contribution in [2.24, 2.45) is 11.7 Å². The molecule has 0 spiro atoms. The van der Waals surface area contributed by atoms with E-state index in [0.29, 0.717) is 18.8 Å². The van der Waals surface area contributed by atoms with Crippen molar-refractivity contribution < 1.29 is 4.39 Å². The molecule has 0 amide bonds. The second-order valence-electron chi connectivity index (χ2n) is 5.73. The topological polar surface area (TPSA) is 26.0 Å². The minimum Gasteiger partial charge on any atom is -0.328 e. The molecular weight excluding hydrogens is 213 g/mol. The summed E-state index contributed by atoms with van der Waals surface area (Å²) in [4.78, 5) is 0. The van der Waals surface area contributed by atoms with Crippen LogP contribution in [-0.4, -0.2) is 11.7 Å². The van der Waals surface area contributed by atoms with Crippen LogP contribution in [-0.2, 0) is 0 Å². The number of benzene rings is 1. The average Bonchev–Trinajstić information content (AvgIpc) is 3.15. The monoisotopic (exact) mass is 233 g/mol. The predicted octanol–water partition coefficient (Wildman–Crippen LogP) is 3.40. The maximum atomic E-state index is 14.8. The SMILES string of the molecule is NC1CCC(F)(C2CC2c2ccccc2)CC1. The zero-order valence-corrected chi connectivity index (χ0v) is 10.1. The Labute approximate surface area is 102 Å². The Morgan fingerprint density at radius 1 is 1.12 bits per heavy atom. The van der Waals surface area contributed by atoms with E-state index in [1.165, 1.54) is 5.56 Å². The molecule has 0 bridgehead atoms. The Morgan fingerprint density at radius 2 is 1.76 bits per heavy atom. The highest BCUT2D eigenvalue weighted by Crippen LogP contribution is 2.58. The summed E-state index contributed by atoms with van der Waals surface area (Å²) in [7, 11) is 0. The minimum atomic E-state index is -0.934. The first-order valence-corrected chi connectivity index (χ1v) is 6.68. The Hall–Kier alpha value is -0.890. The number of nitrogens with two attached hydrogens (primary N) is 1. The first-order valence-electron chi connectivity index (χ1n) is 6.68. The lowest BCUT2D eigenvalue weighted by Gasteiger charge is -2.33. The van der Waals surface area contributed by atoms with Crippen LogP contribution in [0.1, 0.15) is 43.6 Å². The average molecular weight is 233 g/mol. The van der Waals surface area contributed by atoms with Gasteiger partial charge in [-0.2, -0.15) is 0 Å². The van der Waals surface area contributed by atoms with Gasteiger partial charge >= 0.3 is 0 Å². The number of alkyl halides is 1. The molecule has 1 nitrogen and oxygen atoms in total. The van der Waals surface area contributed by atoms with E-state index in [9.17, 15) is 4.39 Å². The van der Waals surface area contributed by atoms with Crippen LogP contribution in [0, 0.1) is 5.92 Å².